The summed E-state index contributed by atoms with van der Waals surface area (Å²) in [7, 11) is 0. The molecule has 1 aliphatic heterocycles. The van der Waals surface area contributed by atoms with Crippen LogP contribution in [0.4, 0.5) is 0 Å². The molecule has 0 saturated carbocycles. The maximum atomic E-state index is 5.71. The van der Waals surface area contributed by atoms with Gasteiger partial charge in [0.25, 0.3) is 0 Å². The Morgan fingerprint density at radius 3 is 2.59 bits per heavy atom. The molecule has 0 bridgehead atoms. The number of ether oxygens (including phenoxy) is 1. The summed E-state index contributed by atoms with van der Waals surface area (Å²) < 4.78 is 5.55. The van der Waals surface area contributed by atoms with Gasteiger partial charge in [0.2, 0.25) is 0 Å². The molecular weight excluding hydrogens is 212 g/mol. The lowest BCUT2D eigenvalue weighted by Gasteiger charge is -2.33. The van der Waals surface area contributed by atoms with Gasteiger partial charge in [0, 0.05) is 12.6 Å². The minimum atomic E-state index is 0.404. The van der Waals surface area contributed by atoms with Crippen LogP contribution < -0.4 is 11.3 Å². The normalized spacial score (nSPS) is 25.6. The van der Waals surface area contributed by atoms with Crippen molar-refractivity contribution >= 4 is 0 Å². The number of hydrogen-bond acceptors (Lipinski definition) is 3. The second-order valence-corrected chi connectivity index (χ2v) is 6.86. The quantitative estimate of drug-likeness (QED) is 0.575. The van der Waals surface area contributed by atoms with Gasteiger partial charge in [-0.05, 0) is 42.9 Å². The first-order valence-electron chi connectivity index (χ1n) is 6.96. The van der Waals surface area contributed by atoms with Crippen LogP contribution in [0.2, 0.25) is 0 Å². The average molecular weight is 242 g/mol. The molecule has 0 aliphatic carbocycles. The molecule has 3 N–H and O–H groups in total. The van der Waals surface area contributed by atoms with Gasteiger partial charge >= 0.3 is 0 Å². The van der Waals surface area contributed by atoms with Crippen LogP contribution in [0.5, 0.6) is 0 Å². The predicted octanol–water partition coefficient (Wildman–Crippen LogP) is 2.71. The third kappa shape index (κ3) is 5.84. The highest BCUT2D eigenvalue weighted by molar-refractivity contribution is 4.80. The van der Waals surface area contributed by atoms with E-state index in [1.54, 1.807) is 0 Å². The van der Waals surface area contributed by atoms with E-state index in [2.05, 4.69) is 33.1 Å². The van der Waals surface area contributed by atoms with E-state index in [0.29, 0.717) is 23.3 Å². The molecule has 1 heterocycles. The summed E-state index contributed by atoms with van der Waals surface area (Å²) in [6.45, 7) is 11.0. The van der Waals surface area contributed by atoms with Crippen molar-refractivity contribution in [2.24, 2.45) is 23.1 Å². The van der Waals surface area contributed by atoms with E-state index in [9.17, 15) is 0 Å². The fraction of sp³-hybridized carbons (Fsp3) is 1.00. The largest absolute Gasteiger partial charge is 0.381 e. The number of nitrogens with one attached hydrogen (secondary N) is 1. The van der Waals surface area contributed by atoms with Crippen LogP contribution in [0.1, 0.15) is 53.4 Å². The number of hydrogen-bond donors (Lipinski definition) is 2. The molecule has 0 radical (unpaired) electrons. The van der Waals surface area contributed by atoms with Crippen molar-refractivity contribution < 1.29 is 4.74 Å². The lowest BCUT2D eigenvalue weighted by atomic mass is 9.80. The van der Waals surface area contributed by atoms with Crippen LogP contribution in [0.15, 0.2) is 0 Å². The minimum Gasteiger partial charge on any atom is -0.381 e. The van der Waals surface area contributed by atoms with Crippen LogP contribution >= 0.6 is 0 Å². The molecule has 3 unspecified atom stereocenters. The topological polar surface area (TPSA) is 47.3 Å². The molecule has 0 aromatic rings. The standard InChI is InChI=1S/C14H30N2O/c1-11(9-14(2,3)4)8-13(16-15)12-6-5-7-17-10-12/h11-13,16H,5-10,15H2,1-4H3. The highest BCUT2D eigenvalue weighted by Crippen LogP contribution is 2.29. The van der Waals surface area contributed by atoms with Crippen molar-refractivity contribution in [1.29, 1.82) is 0 Å². The third-order valence-electron chi connectivity index (χ3n) is 3.60. The zero-order chi connectivity index (χ0) is 12.9. The van der Waals surface area contributed by atoms with Crippen molar-refractivity contribution in [2.75, 3.05) is 13.2 Å². The highest BCUT2D eigenvalue weighted by Gasteiger charge is 2.26. The van der Waals surface area contributed by atoms with Crippen molar-refractivity contribution in [1.82, 2.24) is 5.43 Å². The van der Waals surface area contributed by atoms with E-state index < -0.39 is 0 Å². The maximum Gasteiger partial charge on any atom is 0.0509 e. The van der Waals surface area contributed by atoms with Gasteiger partial charge in [-0.3, -0.25) is 11.3 Å². The number of hydrazine groups is 1. The van der Waals surface area contributed by atoms with E-state index in [0.717, 1.165) is 19.6 Å². The first kappa shape index (κ1) is 14.9. The molecule has 0 aromatic carbocycles. The van der Waals surface area contributed by atoms with Gasteiger partial charge in [-0.2, -0.15) is 0 Å². The second-order valence-electron chi connectivity index (χ2n) is 6.86. The smallest absolute Gasteiger partial charge is 0.0509 e. The predicted molar refractivity (Wildman–Crippen MR) is 72.5 cm³/mol. The number of rotatable bonds is 5. The monoisotopic (exact) mass is 242 g/mol. The third-order valence-corrected chi connectivity index (χ3v) is 3.60. The Labute approximate surface area is 106 Å². The van der Waals surface area contributed by atoms with Gasteiger partial charge < -0.3 is 4.74 Å². The van der Waals surface area contributed by atoms with E-state index in [4.69, 9.17) is 10.6 Å². The summed E-state index contributed by atoms with van der Waals surface area (Å²) in [4.78, 5) is 0. The van der Waals surface area contributed by atoms with Gasteiger partial charge in [-0.15, -0.1) is 0 Å². The molecular formula is C14H30N2O. The fourth-order valence-corrected chi connectivity index (χ4v) is 3.04. The van der Waals surface area contributed by atoms with Crippen molar-refractivity contribution in [2.45, 2.75) is 59.4 Å². The Hall–Kier alpha value is -0.120. The van der Waals surface area contributed by atoms with Crippen LogP contribution in [-0.4, -0.2) is 19.3 Å². The lowest BCUT2D eigenvalue weighted by molar-refractivity contribution is 0.0345. The average Bonchev–Trinajstić information content (AvgIpc) is 2.24. The highest BCUT2D eigenvalue weighted by atomic mass is 16.5. The Kier molecular flexibility index (Phi) is 5.90. The van der Waals surface area contributed by atoms with Gasteiger partial charge in [-0.1, -0.05) is 27.7 Å². The van der Waals surface area contributed by atoms with Crippen LogP contribution in [0.3, 0.4) is 0 Å². The van der Waals surface area contributed by atoms with Crippen LogP contribution in [0.25, 0.3) is 0 Å². The Morgan fingerprint density at radius 1 is 1.41 bits per heavy atom. The molecule has 1 rings (SSSR count). The summed E-state index contributed by atoms with van der Waals surface area (Å²) in [5.74, 6) is 7.01. The molecule has 3 nitrogen and oxygen atoms in total. The Bertz CT molecular complexity index is 207. The van der Waals surface area contributed by atoms with Crippen LogP contribution in [-0.2, 0) is 4.74 Å². The molecule has 0 amide bonds. The molecule has 17 heavy (non-hydrogen) atoms. The molecule has 3 heteroatoms. The van der Waals surface area contributed by atoms with Gasteiger partial charge in [0.05, 0.1) is 6.61 Å². The summed E-state index contributed by atoms with van der Waals surface area (Å²) >= 11 is 0. The summed E-state index contributed by atoms with van der Waals surface area (Å²) in [5, 5.41) is 0. The first-order valence-corrected chi connectivity index (χ1v) is 6.96. The molecule has 3 atom stereocenters. The van der Waals surface area contributed by atoms with E-state index >= 15 is 0 Å². The van der Waals surface area contributed by atoms with Crippen molar-refractivity contribution in [3.8, 4) is 0 Å². The molecule has 1 fully saturated rings. The maximum absolute atomic E-state index is 5.71. The van der Waals surface area contributed by atoms with E-state index in [1.807, 2.05) is 0 Å². The molecule has 0 spiro atoms. The SMILES string of the molecule is CC(CC(NN)C1CCCOC1)CC(C)(C)C. The Balaban J connectivity index is 2.39. The second kappa shape index (κ2) is 6.72. The zero-order valence-electron chi connectivity index (χ0n) is 12.0. The molecule has 1 aliphatic rings. The van der Waals surface area contributed by atoms with Crippen molar-refractivity contribution in [3.63, 3.8) is 0 Å². The summed E-state index contributed by atoms with van der Waals surface area (Å²) in [6.07, 6.45) is 4.83. The van der Waals surface area contributed by atoms with Crippen LogP contribution in [0, 0.1) is 17.3 Å². The molecule has 0 aromatic heterocycles. The fourth-order valence-electron chi connectivity index (χ4n) is 3.04. The minimum absolute atomic E-state index is 0.404. The van der Waals surface area contributed by atoms with Gasteiger partial charge in [0.15, 0.2) is 0 Å². The van der Waals surface area contributed by atoms with Gasteiger partial charge in [0.1, 0.15) is 0 Å². The first-order chi connectivity index (χ1) is 7.92. The summed E-state index contributed by atoms with van der Waals surface area (Å²) in [6, 6.07) is 0.410. The lowest BCUT2D eigenvalue weighted by Crippen LogP contribution is -2.45. The van der Waals surface area contributed by atoms with Crippen molar-refractivity contribution in [3.05, 3.63) is 0 Å². The Morgan fingerprint density at radius 2 is 2.12 bits per heavy atom. The van der Waals surface area contributed by atoms with Gasteiger partial charge in [-0.25, -0.2) is 0 Å². The van der Waals surface area contributed by atoms with E-state index in [-0.39, 0.29) is 0 Å². The van der Waals surface area contributed by atoms with E-state index in [1.165, 1.54) is 19.3 Å². The number of nitrogens with two attached hydrogens (primary N) is 1. The summed E-state index contributed by atoms with van der Waals surface area (Å²) in [5.41, 5.74) is 3.41. The zero-order valence-corrected chi connectivity index (χ0v) is 12.0. The molecule has 1 saturated heterocycles. The molecule has 102 valence electrons.